The quantitative estimate of drug-likeness (QED) is 0.695. The number of hydrogen-bond acceptors (Lipinski definition) is 3. The molecule has 15 heavy (non-hydrogen) atoms. The smallest absolute Gasteiger partial charge is 0.407 e. The van der Waals surface area contributed by atoms with Gasteiger partial charge in [-0.25, -0.2) is 4.79 Å². The average Bonchev–Trinajstić information content (AvgIpc) is 2.25. The largest absolute Gasteiger partial charge is 0.445 e. The van der Waals surface area contributed by atoms with Crippen molar-refractivity contribution in [2.45, 2.75) is 31.8 Å². The first kappa shape index (κ1) is 12.0. The molecule has 4 heteroatoms. The Labute approximate surface area is 90.3 Å². The molecular weight excluding hydrogens is 194 g/mol. The van der Waals surface area contributed by atoms with Crippen molar-refractivity contribution in [3.8, 4) is 0 Å². The van der Waals surface area contributed by atoms with Gasteiger partial charge in [0.05, 0.1) is 6.10 Å². The summed E-state index contributed by atoms with van der Waals surface area (Å²) in [5, 5.41) is 12.3. The molecule has 1 rings (SSSR count). The maximum atomic E-state index is 11.1. The molecule has 2 atom stereocenters. The Bertz CT molecular complexity index is 218. The van der Waals surface area contributed by atoms with Crippen molar-refractivity contribution in [1.82, 2.24) is 5.32 Å². The van der Waals surface area contributed by atoms with Crippen molar-refractivity contribution < 1.29 is 14.6 Å². The summed E-state index contributed by atoms with van der Waals surface area (Å²) in [5.41, 5.74) is 0. The summed E-state index contributed by atoms with van der Waals surface area (Å²) < 4.78 is 4.77. The molecular formula is C11H19NO3. The van der Waals surface area contributed by atoms with Crippen LogP contribution >= 0.6 is 0 Å². The van der Waals surface area contributed by atoms with Gasteiger partial charge >= 0.3 is 6.09 Å². The summed E-state index contributed by atoms with van der Waals surface area (Å²) in [6.07, 6.45) is 4.83. The van der Waals surface area contributed by atoms with Crippen LogP contribution in [0.15, 0.2) is 12.7 Å². The van der Waals surface area contributed by atoms with Gasteiger partial charge in [0.15, 0.2) is 0 Å². The molecule has 1 aliphatic carbocycles. The fraction of sp³-hybridized carbons (Fsp3) is 0.727. The van der Waals surface area contributed by atoms with E-state index in [1.165, 1.54) is 6.08 Å². The van der Waals surface area contributed by atoms with E-state index in [1.54, 1.807) is 0 Å². The van der Waals surface area contributed by atoms with Gasteiger partial charge in [0.2, 0.25) is 0 Å². The van der Waals surface area contributed by atoms with Crippen molar-refractivity contribution in [2.75, 3.05) is 13.2 Å². The number of aliphatic hydroxyl groups excluding tert-OH is 1. The van der Waals surface area contributed by atoms with Crippen LogP contribution in [0.3, 0.4) is 0 Å². The Kier molecular flexibility index (Phi) is 5.18. The number of aliphatic hydroxyl groups is 1. The second kappa shape index (κ2) is 6.45. The van der Waals surface area contributed by atoms with Crippen LogP contribution in [0.2, 0.25) is 0 Å². The van der Waals surface area contributed by atoms with Crippen LogP contribution in [-0.4, -0.2) is 30.5 Å². The maximum Gasteiger partial charge on any atom is 0.407 e. The molecule has 0 bridgehead atoms. The Morgan fingerprint density at radius 1 is 1.53 bits per heavy atom. The summed E-state index contributed by atoms with van der Waals surface area (Å²) >= 11 is 0. The van der Waals surface area contributed by atoms with Crippen LogP contribution in [0.4, 0.5) is 4.79 Å². The minimum absolute atomic E-state index is 0.176. The molecule has 0 radical (unpaired) electrons. The molecule has 0 heterocycles. The highest BCUT2D eigenvalue weighted by atomic mass is 16.5. The number of carbonyl (C=O) groups excluding carboxylic acids is 1. The molecule has 1 aliphatic rings. The molecule has 4 nitrogen and oxygen atoms in total. The van der Waals surface area contributed by atoms with Crippen LogP contribution in [0.1, 0.15) is 25.7 Å². The van der Waals surface area contributed by atoms with Gasteiger partial charge in [0, 0.05) is 12.5 Å². The summed E-state index contributed by atoms with van der Waals surface area (Å²) in [7, 11) is 0. The third kappa shape index (κ3) is 4.34. The topological polar surface area (TPSA) is 58.6 Å². The first-order chi connectivity index (χ1) is 7.24. The van der Waals surface area contributed by atoms with E-state index in [4.69, 9.17) is 4.74 Å². The molecule has 1 fully saturated rings. The van der Waals surface area contributed by atoms with Crippen LogP contribution in [-0.2, 0) is 4.74 Å². The summed E-state index contributed by atoms with van der Waals surface area (Å²) in [4.78, 5) is 11.1. The fourth-order valence-corrected chi connectivity index (χ4v) is 1.83. The number of nitrogens with one attached hydrogen (secondary N) is 1. The second-order valence-electron chi connectivity index (χ2n) is 3.88. The van der Waals surface area contributed by atoms with Crippen molar-refractivity contribution in [2.24, 2.45) is 5.92 Å². The van der Waals surface area contributed by atoms with E-state index in [-0.39, 0.29) is 18.6 Å². The van der Waals surface area contributed by atoms with Crippen LogP contribution < -0.4 is 5.32 Å². The van der Waals surface area contributed by atoms with E-state index >= 15 is 0 Å². The molecule has 0 aromatic rings. The Morgan fingerprint density at radius 3 is 2.93 bits per heavy atom. The lowest BCUT2D eigenvalue weighted by Gasteiger charge is -2.27. The number of alkyl carbamates (subject to hydrolysis) is 1. The summed E-state index contributed by atoms with van der Waals surface area (Å²) in [5.74, 6) is 0.176. The van der Waals surface area contributed by atoms with E-state index < -0.39 is 6.09 Å². The number of rotatable bonds is 4. The van der Waals surface area contributed by atoms with Crippen molar-refractivity contribution in [3.05, 3.63) is 12.7 Å². The van der Waals surface area contributed by atoms with Gasteiger partial charge in [0.25, 0.3) is 0 Å². The molecule has 86 valence electrons. The lowest BCUT2D eigenvalue weighted by Crippen LogP contribution is -2.36. The van der Waals surface area contributed by atoms with E-state index in [2.05, 4.69) is 11.9 Å². The van der Waals surface area contributed by atoms with Crippen molar-refractivity contribution in [3.63, 3.8) is 0 Å². The molecule has 0 aromatic heterocycles. The predicted molar refractivity (Wildman–Crippen MR) is 57.5 cm³/mol. The number of amides is 1. The zero-order chi connectivity index (χ0) is 11.1. The highest BCUT2D eigenvalue weighted by Gasteiger charge is 2.23. The Balaban J connectivity index is 2.17. The fourth-order valence-electron chi connectivity index (χ4n) is 1.83. The second-order valence-corrected chi connectivity index (χ2v) is 3.88. The van der Waals surface area contributed by atoms with Gasteiger partial charge < -0.3 is 15.2 Å². The Morgan fingerprint density at radius 2 is 2.27 bits per heavy atom. The first-order valence-electron chi connectivity index (χ1n) is 5.43. The van der Waals surface area contributed by atoms with E-state index in [1.807, 2.05) is 0 Å². The average molecular weight is 213 g/mol. The molecule has 1 amide bonds. The minimum atomic E-state index is -0.437. The zero-order valence-corrected chi connectivity index (χ0v) is 8.95. The van der Waals surface area contributed by atoms with E-state index in [0.717, 1.165) is 25.7 Å². The van der Waals surface area contributed by atoms with Gasteiger partial charge in [-0.3, -0.25) is 0 Å². The standard InChI is InChI=1S/C11H19NO3/c1-2-7-15-11(14)12-8-9-5-3-4-6-10(9)13/h2,9-10,13H,1,3-8H2,(H,12,14). The molecule has 2 N–H and O–H groups in total. The van der Waals surface area contributed by atoms with Gasteiger partial charge in [-0.15, -0.1) is 0 Å². The van der Waals surface area contributed by atoms with Crippen LogP contribution in [0.5, 0.6) is 0 Å². The van der Waals surface area contributed by atoms with Crippen LogP contribution in [0.25, 0.3) is 0 Å². The predicted octanol–water partition coefficient (Wildman–Crippen LogP) is 1.45. The first-order valence-corrected chi connectivity index (χ1v) is 5.43. The SMILES string of the molecule is C=CCOC(=O)NCC1CCCCC1O. The third-order valence-electron chi connectivity index (χ3n) is 2.71. The molecule has 0 saturated heterocycles. The normalized spacial score (nSPS) is 25.7. The molecule has 0 aromatic carbocycles. The van der Waals surface area contributed by atoms with Gasteiger partial charge in [-0.1, -0.05) is 25.5 Å². The van der Waals surface area contributed by atoms with E-state index in [9.17, 15) is 9.90 Å². The van der Waals surface area contributed by atoms with Crippen molar-refractivity contribution >= 4 is 6.09 Å². The molecule has 0 spiro atoms. The highest BCUT2D eigenvalue weighted by molar-refractivity contribution is 5.67. The Hall–Kier alpha value is -1.03. The number of hydrogen-bond donors (Lipinski definition) is 2. The van der Waals surface area contributed by atoms with Gasteiger partial charge in [-0.2, -0.15) is 0 Å². The van der Waals surface area contributed by atoms with E-state index in [0.29, 0.717) is 6.54 Å². The van der Waals surface area contributed by atoms with Gasteiger partial charge in [-0.05, 0) is 12.8 Å². The molecule has 1 saturated carbocycles. The van der Waals surface area contributed by atoms with Crippen molar-refractivity contribution in [1.29, 1.82) is 0 Å². The maximum absolute atomic E-state index is 11.1. The molecule has 0 aliphatic heterocycles. The third-order valence-corrected chi connectivity index (χ3v) is 2.71. The monoisotopic (exact) mass is 213 g/mol. The number of carbonyl (C=O) groups is 1. The lowest BCUT2D eigenvalue weighted by molar-refractivity contribution is 0.0683. The number of ether oxygens (including phenoxy) is 1. The summed E-state index contributed by atoms with van der Waals surface area (Å²) in [6, 6.07) is 0. The highest BCUT2D eigenvalue weighted by Crippen LogP contribution is 2.23. The minimum Gasteiger partial charge on any atom is -0.445 e. The lowest BCUT2D eigenvalue weighted by atomic mass is 9.86. The summed E-state index contributed by atoms with van der Waals surface area (Å²) in [6.45, 7) is 4.17. The molecule has 2 unspecified atom stereocenters. The van der Waals surface area contributed by atoms with Crippen LogP contribution in [0, 0.1) is 5.92 Å². The zero-order valence-electron chi connectivity index (χ0n) is 8.95. The van der Waals surface area contributed by atoms with Gasteiger partial charge in [0.1, 0.15) is 6.61 Å².